The monoisotopic (exact) mass is 231 g/mol. The van der Waals surface area contributed by atoms with Crippen LogP contribution in [0.4, 0.5) is 0 Å². The van der Waals surface area contributed by atoms with Gasteiger partial charge in [-0.3, -0.25) is 0 Å². The van der Waals surface area contributed by atoms with Gasteiger partial charge in [0.2, 0.25) is 0 Å². The molecular weight excluding hydrogens is 202 g/mol. The highest BCUT2D eigenvalue weighted by Crippen LogP contribution is 2.11. The van der Waals surface area contributed by atoms with Crippen LogP contribution in [0, 0.1) is 5.92 Å². The van der Waals surface area contributed by atoms with Gasteiger partial charge in [0.1, 0.15) is 0 Å². The Morgan fingerprint density at radius 1 is 1.38 bits per heavy atom. The van der Waals surface area contributed by atoms with Gasteiger partial charge in [0.25, 0.3) is 0 Å². The highest BCUT2D eigenvalue weighted by molar-refractivity contribution is 4.81. The molecule has 1 unspecified atom stereocenters. The molecule has 0 aliphatic rings. The molecule has 0 aliphatic carbocycles. The molecule has 3 nitrogen and oxygen atoms in total. The Bertz CT molecular complexity index is 162. The lowest BCUT2D eigenvalue weighted by atomic mass is 9.97. The standard InChI is InChI=1S/C13H29NO2/c1-5-8-14-13(4,11-15)7-6-9-16-10-12(2)3/h12,14-15H,5-11H2,1-4H3. The lowest BCUT2D eigenvalue weighted by molar-refractivity contribution is 0.0929. The van der Waals surface area contributed by atoms with E-state index in [2.05, 4.69) is 33.0 Å². The van der Waals surface area contributed by atoms with Crippen LogP contribution in [-0.4, -0.2) is 37.0 Å². The first kappa shape index (κ1) is 15.9. The summed E-state index contributed by atoms with van der Waals surface area (Å²) in [5, 5.41) is 12.7. The molecule has 0 rings (SSSR count). The fourth-order valence-corrected chi connectivity index (χ4v) is 1.53. The van der Waals surface area contributed by atoms with Gasteiger partial charge in [0.15, 0.2) is 0 Å². The molecule has 0 amide bonds. The van der Waals surface area contributed by atoms with E-state index in [4.69, 9.17) is 4.74 Å². The van der Waals surface area contributed by atoms with Crippen molar-refractivity contribution in [3.05, 3.63) is 0 Å². The van der Waals surface area contributed by atoms with Gasteiger partial charge in [0, 0.05) is 18.8 Å². The molecule has 0 fully saturated rings. The van der Waals surface area contributed by atoms with Crippen LogP contribution in [0.3, 0.4) is 0 Å². The van der Waals surface area contributed by atoms with Crippen LogP contribution in [0.25, 0.3) is 0 Å². The fourth-order valence-electron chi connectivity index (χ4n) is 1.53. The molecule has 0 radical (unpaired) electrons. The molecule has 0 aliphatic heterocycles. The Morgan fingerprint density at radius 2 is 2.06 bits per heavy atom. The van der Waals surface area contributed by atoms with Crippen molar-refractivity contribution in [1.29, 1.82) is 0 Å². The second-order valence-electron chi connectivity index (χ2n) is 5.22. The fraction of sp³-hybridized carbons (Fsp3) is 1.00. The van der Waals surface area contributed by atoms with Crippen LogP contribution >= 0.6 is 0 Å². The van der Waals surface area contributed by atoms with Crippen LogP contribution in [0.2, 0.25) is 0 Å². The zero-order valence-electron chi connectivity index (χ0n) is 11.4. The van der Waals surface area contributed by atoms with Gasteiger partial charge >= 0.3 is 0 Å². The van der Waals surface area contributed by atoms with Crippen LogP contribution in [-0.2, 0) is 4.74 Å². The third-order valence-electron chi connectivity index (χ3n) is 2.62. The lowest BCUT2D eigenvalue weighted by Gasteiger charge is -2.28. The van der Waals surface area contributed by atoms with Crippen molar-refractivity contribution in [3.63, 3.8) is 0 Å². The van der Waals surface area contributed by atoms with E-state index in [1.165, 1.54) is 0 Å². The molecule has 98 valence electrons. The Labute approximate surface area is 101 Å². The van der Waals surface area contributed by atoms with Gasteiger partial charge in [0.05, 0.1) is 6.61 Å². The summed E-state index contributed by atoms with van der Waals surface area (Å²) in [7, 11) is 0. The quantitative estimate of drug-likeness (QED) is 0.566. The maximum atomic E-state index is 9.35. The average molecular weight is 231 g/mol. The zero-order valence-corrected chi connectivity index (χ0v) is 11.4. The number of hydrogen-bond acceptors (Lipinski definition) is 3. The number of aliphatic hydroxyl groups is 1. The maximum Gasteiger partial charge on any atom is 0.0610 e. The summed E-state index contributed by atoms with van der Waals surface area (Å²) in [4.78, 5) is 0. The summed E-state index contributed by atoms with van der Waals surface area (Å²) >= 11 is 0. The molecule has 3 heteroatoms. The zero-order chi connectivity index (χ0) is 12.4. The van der Waals surface area contributed by atoms with Crippen molar-refractivity contribution < 1.29 is 9.84 Å². The Morgan fingerprint density at radius 3 is 2.56 bits per heavy atom. The van der Waals surface area contributed by atoms with Gasteiger partial charge < -0.3 is 15.2 Å². The Balaban J connectivity index is 3.61. The minimum Gasteiger partial charge on any atom is -0.394 e. The first-order valence-corrected chi connectivity index (χ1v) is 6.47. The van der Waals surface area contributed by atoms with Crippen LogP contribution in [0.1, 0.15) is 47.0 Å². The number of aliphatic hydroxyl groups excluding tert-OH is 1. The predicted molar refractivity (Wildman–Crippen MR) is 68.7 cm³/mol. The third-order valence-corrected chi connectivity index (χ3v) is 2.62. The number of nitrogens with one attached hydrogen (secondary N) is 1. The normalized spacial score (nSPS) is 15.4. The Hall–Kier alpha value is -0.120. The molecule has 0 spiro atoms. The average Bonchev–Trinajstić information content (AvgIpc) is 2.25. The molecule has 0 aromatic carbocycles. The SMILES string of the molecule is CCCNC(C)(CO)CCCOCC(C)C. The van der Waals surface area contributed by atoms with E-state index in [0.29, 0.717) is 5.92 Å². The number of ether oxygens (including phenoxy) is 1. The maximum absolute atomic E-state index is 9.35. The second kappa shape index (κ2) is 8.97. The molecule has 0 aromatic heterocycles. The van der Waals surface area contributed by atoms with Crippen molar-refractivity contribution >= 4 is 0 Å². The smallest absolute Gasteiger partial charge is 0.0610 e. The first-order valence-electron chi connectivity index (χ1n) is 6.47. The van der Waals surface area contributed by atoms with Crippen molar-refractivity contribution in [2.75, 3.05) is 26.4 Å². The minimum absolute atomic E-state index is 0.142. The van der Waals surface area contributed by atoms with E-state index in [1.54, 1.807) is 0 Å². The van der Waals surface area contributed by atoms with Gasteiger partial charge in [-0.05, 0) is 38.6 Å². The second-order valence-corrected chi connectivity index (χ2v) is 5.22. The number of hydrogen-bond donors (Lipinski definition) is 2. The topological polar surface area (TPSA) is 41.5 Å². The molecule has 0 bridgehead atoms. The highest BCUT2D eigenvalue weighted by atomic mass is 16.5. The first-order chi connectivity index (χ1) is 7.54. The molecule has 0 aromatic rings. The molecular formula is C13H29NO2. The summed E-state index contributed by atoms with van der Waals surface area (Å²) in [6.45, 7) is 11.3. The van der Waals surface area contributed by atoms with Crippen molar-refractivity contribution in [2.45, 2.75) is 52.5 Å². The largest absolute Gasteiger partial charge is 0.394 e. The van der Waals surface area contributed by atoms with Crippen LogP contribution in [0.5, 0.6) is 0 Å². The summed E-state index contributed by atoms with van der Waals surface area (Å²) in [5.74, 6) is 0.599. The summed E-state index contributed by atoms with van der Waals surface area (Å²) in [5.41, 5.74) is -0.142. The van der Waals surface area contributed by atoms with Crippen LogP contribution in [0.15, 0.2) is 0 Å². The van der Waals surface area contributed by atoms with Crippen molar-refractivity contribution in [1.82, 2.24) is 5.32 Å². The predicted octanol–water partition coefficient (Wildman–Crippen LogP) is 2.19. The third kappa shape index (κ3) is 8.08. The van der Waals surface area contributed by atoms with Crippen molar-refractivity contribution in [2.24, 2.45) is 5.92 Å². The van der Waals surface area contributed by atoms with Gasteiger partial charge in [-0.15, -0.1) is 0 Å². The summed E-state index contributed by atoms with van der Waals surface area (Å²) in [6.07, 6.45) is 3.06. The van der Waals surface area contributed by atoms with E-state index in [9.17, 15) is 5.11 Å². The van der Waals surface area contributed by atoms with Gasteiger partial charge in [-0.1, -0.05) is 20.8 Å². The molecule has 16 heavy (non-hydrogen) atoms. The Kier molecular flexibility index (Phi) is 8.90. The van der Waals surface area contributed by atoms with Gasteiger partial charge in [-0.2, -0.15) is 0 Å². The molecule has 0 saturated carbocycles. The van der Waals surface area contributed by atoms with Crippen molar-refractivity contribution in [3.8, 4) is 0 Å². The highest BCUT2D eigenvalue weighted by Gasteiger charge is 2.21. The lowest BCUT2D eigenvalue weighted by Crippen LogP contribution is -2.46. The van der Waals surface area contributed by atoms with E-state index in [0.717, 1.165) is 39.0 Å². The minimum atomic E-state index is -0.142. The summed E-state index contributed by atoms with van der Waals surface area (Å²) < 4.78 is 5.53. The van der Waals surface area contributed by atoms with E-state index in [1.807, 2.05) is 0 Å². The molecule has 0 saturated heterocycles. The summed E-state index contributed by atoms with van der Waals surface area (Å²) in [6, 6.07) is 0. The number of rotatable bonds is 10. The molecule has 0 heterocycles. The molecule has 1 atom stereocenters. The molecule has 2 N–H and O–H groups in total. The van der Waals surface area contributed by atoms with E-state index in [-0.39, 0.29) is 12.1 Å². The van der Waals surface area contributed by atoms with Gasteiger partial charge in [-0.25, -0.2) is 0 Å². The van der Waals surface area contributed by atoms with E-state index >= 15 is 0 Å². The van der Waals surface area contributed by atoms with Crippen LogP contribution < -0.4 is 5.32 Å². The van der Waals surface area contributed by atoms with E-state index < -0.39 is 0 Å².